The molecule has 1 aliphatic heterocycles. The van der Waals surface area contributed by atoms with E-state index >= 15 is 0 Å². The molecule has 112 valence electrons. The molecule has 2 aromatic rings. The molecule has 0 bridgehead atoms. The van der Waals surface area contributed by atoms with E-state index in [9.17, 15) is 0 Å². The van der Waals surface area contributed by atoms with Gasteiger partial charge in [0, 0.05) is 18.0 Å². The normalized spacial score (nSPS) is 15.5. The predicted molar refractivity (Wildman–Crippen MR) is 82.3 cm³/mol. The molecular formula is C15H18ClN3O2. The van der Waals surface area contributed by atoms with Crippen LogP contribution in [-0.2, 0) is 0 Å². The van der Waals surface area contributed by atoms with E-state index < -0.39 is 0 Å². The minimum atomic E-state index is 0.423. The summed E-state index contributed by atoms with van der Waals surface area (Å²) in [5, 5.41) is 1.20. The van der Waals surface area contributed by atoms with Crippen LogP contribution in [0.3, 0.4) is 0 Å². The van der Waals surface area contributed by atoms with Crippen molar-refractivity contribution in [1.29, 1.82) is 0 Å². The first-order valence-electron chi connectivity index (χ1n) is 7.11. The number of fused-ring (bicyclic) bond motifs is 1. The molecule has 0 spiro atoms. The maximum atomic E-state index is 6.11. The Balaban J connectivity index is 1.77. The zero-order valence-corrected chi connectivity index (χ0v) is 12.8. The van der Waals surface area contributed by atoms with E-state index in [2.05, 4.69) is 14.9 Å². The minimum absolute atomic E-state index is 0.423. The largest absolute Gasteiger partial charge is 0.493 e. The highest BCUT2D eigenvalue weighted by Gasteiger charge is 2.13. The Morgan fingerprint density at radius 2 is 2.00 bits per heavy atom. The maximum absolute atomic E-state index is 6.11. The van der Waals surface area contributed by atoms with Gasteiger partial charge in [-0.1, -0.05) is 11.6 Å². The second-order valence-corrected chi connectivity index (χ2v) is 5.44. The molecule has 2 heterocycles. The van der Waals surface area contributed by atoms with Crippen molar-refractivity contribution in [3.63, 3.8) is 0 Å². The molecule has 0 unspecified atom stereocenters. The van der Waals surface area contributed by atoms with Crippen molar-refractivity contribution in [2.75, 3.05) is 33.4 Å². The zero-order chi connectivity index (χ0) is 14.7. The molecule has 0 N–H and O–H groups in total. The average molecular weight is 308 g/mol. The molecule has 0 atom stereocenters. The fourth-order valence-electron chi connectivity index (χ4n) is 2.60. The van der Waals surface area contributed by atoms with E-state index in [1.165, 1.54) is 19.2 Å². The van der Waals surface area contributed by atoms with Crippen LogP contribution in [0.5, 0.6) is 11.5 Å². The molecule has 3 rings (SSSR count). The molecule has 6 heteroatoms. The van der Waals surface area contributed by atoms with Gasteiger partial charge in [-0.3, -0.25) is 4.90 Å². The lowest BCUT2D eigenvalue weighted by Gasteiger charge is -2.16. The van der Waals surface area contributed by atoms with Gasteiger partial charge in [0.25, 0.3) is 0 Å². The van der Waals surface area contributed by atoms with Gasteiger partial charge in [-0.2, -0.15) is 0 Å². The Morgan fingerprint density at radius 1 is 1.19 bits per heavy atom. The number of hydrogen-bond donors (Lipinski definition) is 0. The molecule has 1 aromatic carbocycles. The second kappa shape index (κ2) is 6.45. The summed E-state index contributed by atoms with van der Waals surface area (Å²) in [5.74, 6) is 1.35. The Hall–Kier alpha value is -1.59. The number of aromatic nitrogens is 2. The molecule has 0 radical (unpaired) electrons. The Bertz CT molecular complexity index is 630. The highest BCUT2D eigenvalue weighted by Crippen LogP contribution is 2.33. The van der Waals surface area contributed by atoms with Crippen LogP contribution in [0.25, 0.3) is 10.9 Å². The van der Waals surface area contributed by atoms with E-state index in [0.717, 1.165) is 30.5 Å². The fourth-order valence-corrected chi connectivity index (χ4v) is 2.79. The summed E-state index contributed by atoms with van der Waals surface area (Å²) in [5.41, 5.74) is 0.749. The molecule has 21 heavy (non-hydrogen) atoms. The number of likely N-dealkylation sites (tertiary alicyclic amines) is 1. The Labute approximate surface area is 128 Å². The quantitative estimate of drug-likeness (QED) is 0.795. The molecule has 0 saturated carbocycles. The Morgan fingerprint density at radius 3 is 2.76 bits per heavy atom. The number of halogens is 1. The molecule has 1 fully saturated rings. The number of rotatable bonds is 5. The summed E-state index contributed by atoms with van der Waals surface area (Å²) in [6, 6.07) is 3.68. The van der Waals surface area contributed by atoms with Crippen LogP contribution in [-0.4, -0.2) is 48.2 Å². The lowest BCUT2D eigenvalue weighted by molar-refractivity contribution is 0.230. The monoisotopic (exact) mass is 307 g/mol. The van der Waals surface area contributed by atoms with Gasteiger partial charge >= 0.3 is 0 Å². The number of benzene rings is 1. The molecule has 1 aliphatic rings. The number of methoxy groups -OCH3 is 1. The third-order valence-electron chi connectivity index (χ3n) is 3.74. The van der Waals surface area contributed by atoms with Gasteiger partial charge < -0.3 is 9.47 Å². The van der Waals surface area contributed by atoms with Crippen molar-refractivity contribution < 1.29 is 9.47 Å². The number of ether oxygens (including phenoxy) is 2. The van der Waals surface area contributed by atoms with Gasteiger partial charge in [0.1, 0.15) is 18.1 Å². The van der Waals surface area contributed by atoms with Crippen LogP contribution in [0.2, 0.25) is 5.15 Å². The van der Waals surface area contributed by atoms with Crippen molar-refractivity contribution in [3.05, 3.63) is 23.6 Å². The summed E-state index contributed by atoms with van der Waals surface area (Å²) < 4.78 is 11.2. The molecule has 1 saturated heterocycles. The van der Waals surface area contributed by atoms with Crippen LogP contribution >= 0.6 is 11.6 Å². The lowest BCUT2D eigenvalue weighted by atomic mass is 10.2. The highest BCUT2D eigenvalue weighted by atomic mass is 35.5. The summed E-state index contributed by atoms with van der Waals surface area (Å²) in [6.45, 7) is 3.89. The summed E-state index contributed by atoms with van der Waals surface area (Å²) in [6.07, 6.45) is 4.01. The van der Waals surface area contributed by atoms with Gasteiger partial charge in [-0.25, -0.2) is 9.97 Å². The summed E-state index contributed by atoms with van der Waals surface area (Å²) >= 11 is 6.11. The third kappa shape index (κ3) is 3.19. The van der Waals surface area contributed by atoms with Crippen LogP contribution in [0.1, 0.15) is 12.8 Å². The molecular weight excluding hydrogens is 290 g/mol. The van der Waals surface area contributed by atoms with Gasteiger partial charge in [0.2, 0.25) is 0 Å². The van der Waals surface area contributed by atoms with E-state index in [1.807, 2.05) is 12.1 Å². The van der Waals surface area contributed by atoms with Crippen molar-refractivity contribution in [2.45, 2.75) is 12.8 Å². The van der Waals surface area contributed by atoms with Crippen LogP contribution < -0.4 is 9.47 Å². The average Bonchev–Trinajstić information content (AvgIpc) is 3.00. The topological polar surface area (TPSA) is 47.5 Å². The van der Waals surface area contributed by atoms with E-state index in [1.54, 1.807) is 7.11 Å². The van der Waals surface area contributed by atoms with Crippen LogP contribution in [0, 0.1) is 0 Å². The second-order valence-electron chi connectivity index (χ2n) is 5.08. The van der Waals surface area contributed by atoms with Crippen molar-refractivity contribution in [2.24, 2.45) is 0 Å². The summed E-state index contributed by atoms with van der Waals surface area (Å²) in [7, 11) is 1.62. The van der Waals surface area contributed by atoms with Crippen LogP contribution in [0.4, 0.5) is 0 Å². The van der Waals surface area contributed by atoms with E-state index in [0.29, 0.717) is 23.3 Å². The minimum Gasteiger partial charge on any atom is -0.493 e. The van der Waals surface area contributed by atoms with E-state index in [-0.39, 0.29) is 0 Å². The third-order valence-corrected chi connectivity index (χ3v) is 4.04. The first-order chi connectivity index (χ1) is 10.3. The fraction of sp³-hybridized carbons (Fsp3) is 0.467. The van der Waals surface area contributed by atoms with Crippen molar-refractivity contribution >= 4 is 22.5 Å². The summed E-state index contributed by atoms with van der Waals surface area (Å²) in [4.78, 5) is 10.6. The van der Waals surface area contributed by atoms with Gasteiger partial charge in [0.15, 0.2) is 11.5 Å². The van der Waals surface area contributed by atoms with Crippen molar-refractivity contribution in [3.8, 4) is 11.5 Å². The smallest absolute Gasteiger partial charge is 0.162 e. The predicted octanol–water partition coefficient (Wildman–Crippen LogP) is 2.77. The van der Waals surface area contributed by atoms with Gasteiger partial charge in [-0.15, -0.1) is 0 Å². The standard InChI is InChI=1S/C15H18ClN3O2/c1-20-13-9-12-11(15(16)18-10-17-12)8-14(13)21-7-6-19-4-2-3-5-19/h8-10H,2-7H2,1H3. The maximum Gasteiger partial charge on any atom is 0.162 e. The first kappa shape index (κ1) is 14.4. The van der Waals surface area contributed by atoms with Gasteiger partial charge in [0.05, 0.1) is 12.6 Å². The number of hydrogen-bond acceptors (Lipinski definition) is 5. The highest BCUT2D eigenvalue weighted by molar-refractivity contribution is 6.34. The molecule has 0 aliphatic carbocycles. The first-order valence-corrected chi connectivity index (χ1v) is 7.49. The number of nitrogens with zero attached hydrogens (tertiary/aromatic N) is 3. The Kier molecular flexibility index (Phi) is 4.41. The SMILES string of the molecule is COc1cc2ncnc(Cl)c2cc1OCCN1CCCC1. The lowest BCUT2D eigenvalue weighted by Crippen LogP contribution is -2.25. The van der Waals surface area contributed by atoms with Crippen LogP contribution in [0.15, 0.2) is 18.5 Å². The van der Waals surface area contributed by atoms with Crippen molar-refractivity contribution in [1.82, 2.24) is 14.9 Å². The molecule has 5 nitrogen and oxygen atoms in total. The zero-order valence-electron chi connectivity index (χ0n) is 12.0. The van der Waals surface area contributed by atoms with E-state index in [4.69, 9.17) is 21.1 Å². The molecule has 1 aromatic heterocycles. The van der Waals surface area contributed by atoms with Gasteiger partial charge in [-0.05, 0) is 32.0 Å². The molecule has 0 amide bonds.